The summed E-state index contributed by atoms with van der Waals surface area (Å²) in [5.41, 5.74) is 2.60. The summed E-state index contributed by atoms with van der Waals surface area (Å²) >= 11 is 0. The third kappa shape index (κ3) is 3.17. The molecule has 1 aromatic carbocycles. The topological polar surface area (TPSA) is 39.8 Å². The van der Waals surface area contributed by atoms with E-state index < -0.39 is 0 Å². The third-order valence-corrected chi connectivity index (χ3v) is 4.12. The number of piperidine rings is 1. The number of benzene rings is 1. The van der Waals surface area contributed by atoms with Crippen LogP contribution >= 0.6 is 0 Å². The summed E-state index contributed by atoms with van der Waals surface area (Å²) in [6, 6.07) is 8.50. The van der Waals surface area contributed by atoms with Gasteiger partial charge < -0.3 is 15.6 Å². The minimum atomic E-state index is 0.865. The lowest BCUT2D eigenvalue weighted by atomic mass is 9.96. The zero-order chi connectivity index (χ0) is 12.9. The standard InChI is InChI=1S/C16H23N3/c1-2-6-16-15(5-1)14(12-19-16)11-18-9-7-13-4-3-8-17-10-13/h1-2,5-6,12-13,17-19H,3-4,7-11H2. The lowest BCUT2D eigenvalue weighted by Crippen LogP contribution is -2.31. The van der Waals surface area contributed by atoms with E-state index in [-0.39, 0.29) is 0 Å². The van der Waals surface area contributed by atoms with Gasteiger partial charge >= 0.3 is 0 Å². The number of aromatic nitrogens is 1. The number of rotatable bonds is 5. The van der Waals surface area contributed by atoms with E-state index in [1.165, 1.54) is 48.8 Å². The maximum atomic E-state index is 3.58. The summed E-state index contributed by atoms with van der Waals surface area (Å²) < 4.78 is 0. The van der Waals surface area contributed by atoms with Crippen LogP contribution in [0.1, 0.15) is 24.8 Å². The van der Waals surface area contributed by atoms with Gasteiger partial charge in [0.1, 0.15) is 0 Å². The molecule has 0 spiro atoms. The molecule has 0 amide bonds. The van der Waals surface area contributed by atoms with Crippen LogP contribution < -0.4 is 10.6 Å². The minimum absolute atomic E-state index is 0.865. The molecule has 2 heterocycles. The van der Waals surface area contributed by atoms with Crippen LogP contribution in [0, 0.1) is 5.92 Å². The van der Waals surface area contributed by atoms with E-state index in [9.17, 15) is 0 Å². The highest BCUT2D eigenvalue weighted by Gasteiger charge is 2.12. The van der Waals surface area contributed by atoms with Crippen LogP contribution in [0.4, 0.5) is 0 Å². The average Bonchev–Trinajstić information content (AvgIpc) is 2.88. The van der Waals surface area contributed by atoms with Crippen LogP contribution in [-0.4, -0.2) is 24.6 Å². The van der Waals surface area contributed by atoms with E-state index in [0.717, 1.165) is 19.0 Å². The van der Waals surface area contributed by atoms with Crippen LogP contribution in [-0.2, 0) is 6.54 Å². The van der Waals surface area contributed by atoms with Crippen molar-refractivity contribution in [3.63, 3.8) is 0 Å². The molecule has 0 bridgehead atoms. The Morgan fingerprint density at radius 3 is 3.11 bits per heavy atom. The first-order valence-corrected chi connectivity index (χ1v) is 7.40. The Morgan fingerprint density at radius 2 is 2.21 bits per heavy atom. The molecular formula is C16H23N3. The predicted molar refractivity (Wildman–Crippen MR) is 80.2 cm³/mol. The zero-order valence-corrected chi connectivity index (χ0v) is 11.4. The SMILES string of the molecule is c1ccc2c(CNCCC3CCCNC3)c[nH]c2c1. The Bertz CT molecular complexity index is 511. The summed E-state index contributed by atoms with van der Waals surface area (Å²) in [6.45, 7) is 4.49. The maximum absolute atomic E-state index is 3.58. The van der Waals surface area contributed by atoms with Crippen molar-refractivity contribution in [3.8, 4) is 0 Å². The average molecular weight is 257 g/mol. The summed E-state index contributed by atoms with van der Waals surface area (Å²) in [4.78, 5) is 3.33. The van der Waals surface area contributed by atoms with Crippen molar-refractivity contribution < 1.29 is 0 Å². The van der Waals surface area contributed by atoms with Crippen LogP contribution in [0.5, 0.6) is 0 Å². The number of fused-ring (bicyclic) bond motifs is 1. The summed E-state index contributed by atoms with van der Waals surface area (Å²) in [5.74, 6) is 0.865. The summed E-state index contributed by atoms with van der Waals surface area (Å²) in [5, 5.41) is 8.40. The molecule has 0 aliphatic carbocycles. The van der Waals surface area contributed by atoms with Gasteiger partial charge in [0, 0.05) is 23.6 Å². The molecule has 3 N–H and O–H groups in total. The quantitative estimate of drug-likeness (QED) is 0.721. The van der Waals surface area contributed by atoms with Gasteiger partial charge in [0.25, 0.3) is 0 Å². The molecule has 3 nitrogen and oxygen atoms in total. The predicted octanol–water partition coefficient (Wildman–Crippen LogP) is 2.65. The van der Waals surface area contributed by atoms with Crippen LogP contribution in [0.25, 0.3) is 10.9 Å². The molecule has 3 rings (SSSR count). The Morgan fingerprint density at radius 1 is 1.26 bits per heavy atom. The number of hydrogen-bond donors (Lipinski definition) is 3. The van der Waals surface area contributed by atoms with Gasteiger partial charge in [0.15, 0.2) is 0 Å². The number of para-hydroxylation sites is 1. The fourth-order valence-corrected chi connectivity index (χ4v) is 2.98. The van der Waals surface area contributed by atoms with E-state index >= 15 is 0 Å². The molecule has 1 aromatic heterocycles. The fraction of sp³-hybridized carbons (Fsp3) is 0.500. The number of hydrogen-bond acceptors (Lipinski definition) is 2. The number of H-pyrrole nitrogens is 1. The van der Waals surface area contributed by atoms with Crippen LogP contribution in [0.2, 0.25) is 0 Å². The molecule has 102 valence electrons. The van der Waals surface area contributed by atoms with Gasteiger partial charge in [-0.1, -0.05) is 18.2 Å². The van der Waals surface area contributed by atoms with Gasteiger partial charge in [0.2, 0.25) is 0 Å². The Labute approximate surface area is 114 Å². The molecule has 1 fully saturated rings. The highest BCUT2D eigenvalue weighted by Crippen LogP contribution is 2.17. The smallest absolute Gasteiger partial charge is 0.0457 e. The van der Waals surface area contributed by atoms with Crippen LogP contribution in [0.3, 0.4) is 0 Å². The summed E-state index contributed by atoms with van der Waals surface area (Å²) in [6.07, 6.45) is 6.14. The van der Waals surface area contributed by atoms with Crippen molar-refractivity contribution in [3.05, 3.63) is 36.0 Å². The second kappa shape index (κ2) is 6.22. The first-order chi connectivity index (χ1) is 9.43. The largest absolute Gasteiger partial charge is 0.361 e. The first kappa shape index (κ1) is 12.7. The van der Waals surface area contributed by atoms with Gasteiger partial charge in [-0.3, -0.25) is 0 Å². The van der Waals surface area contributed by atoms with Gasteiger partial charge in [-0.2, -0.15) is 0 Å². The molecule has 3 heteroatoms. The Hall–Kier alpha value is -1.32. The highest BCUT2D eigenvalue weighted by molar-refractivity contribution is 5.82. The summed E-state index contributed by atoms with van der Waals surface area (Å²) in [7, 11) is 0. The molecule has 2 aromatic rings. The van der Waals surface area contributed by atoms with Gasteiger partial charge in [-0.15, -0.1) is 0 Å². The molecular weight excluding hydrogens is 234 g/mol. The van der Waals surface area contributed by atoms with Crippen molar-refractivity contribution in [2.45, 2.75) is 25.8 Å². The van der Waals surface area contributed by atoms with E-state index in [1.54, 1.807) is 0 Å². The highest BCUT2D eigenvalue weighted by atomic mass is 14.9. The lowest BCUT2D eigenvalue weighted by Gasteiger charge is -2.22. The van der Waals surface area contributed by atoms with Gasteiger partial charge in [-0.05, 0) is 56.4 Å². The minimum Gasteiger partial charge on any atom is -0.361 e. The molecule has 1 aliphatic rings. The molecule has 1 saturated heterocycles. The van der Waals surface area contributed by atoms with Crippen molar-refractivity contribution in [2.24, 2.45) is 5.92 Å². The molecule has 0 radical (unpaired) electrons. The van der Waals surface area contributed by atoms with Gasteiger partial charge in [0.05, 0.1) is 0 Å². The number of aromatic amines is 1. The lowest BCUT2D eigenvalue weighted by molar-refractivity contribution is 0.352. The van der Waals surface area contributed by atoms with Crippen molar-refractivity contribution in [1.29, 1.82) is 0 Å². The molecule has 1 unspecified atom stereocenters. The van der Waals surface area contributed by atoms with E-state index in [0.29, 0.717) is 0 Å². The monoisotopic (exact) mass is 257 g/mol. The van der Waals surface area contributed by atoms with E-state index in [1.807, 2.05) is 0 Å². The van der Waals surface area contributed by atoms with Crippen molar-refractivity contribution in [1.82, 2.24) is 15.6 Å². The molecule has 0 saturated carbocycles. The van der Waals surface area contributed by atoms with Crippen molar-refractivity contribution in [2.75, 3.05) is 19.6 Å². The Kier molecular flexibility index (Phi) is 4.16. The molecule has 19 heavy (non-hydrogen) atoms. The second-order valence-electron chi connectivity index (χ2n) is 5.54. The first-order valence-electron chi connectivity index (χ1n) is 7.40. The Balaban J connectivity index is 1.47. The normalized spacial score (nSPS) is 19.9. The maximum Gasteiger partial charge on any atom is 0.0457 e. The molecule has 1 aliphatic heterocycles. The van der Waals surface area contributed by atoms with Gasteiger partial charge in [-0.25, -0.2) is 0 Å². The third-order valence-electron chi connectivity index (χ3n) is 4.12. The second-order valence-corrected chi connectivity index (χ2v) is 5.54. The zero-order valence-electron chi connectivity index (χ0n) is 11.4. The van der Waals surface area contributed by atoms with E-state index in [2.05, 4.69) is 46.1 Å². The fourth-order valence-electron chi connectivity index (χ4n) is 2.98. The van der Waals surface area contributed by atoms with E-state index in [4.69, 9.17) is 0 Å². The molecule has 1 atom stereocenters. The van der Waals surface area contributed by atoms with Crippen LogP contribution in [0.15, 0.2) is 30.5 Å². The number of nitrogens with one attached hydrogen (secondary N) is 3. The van der Waals surface area contributed by atoms with Crippen molar-refractivity contribution >= 4 is 10.9 Å².